The second-order valence-electron chi connectivity index (χ2n) is 4.66. The van der Waals surface area contributed by atoms with Gasteiger partial charge in [0, 0.05) is 18.5 Å². The Kier molecular flexibility index (Phi) is 2.83. The van der Waals surface area contributed by atoms with E-state index in [-0.39, 0.29) is 17.3 Å². The molecule has 1 aromatic carbocycles. The van der Waals surface area contributed by atoms with Gasteiger partial charge in [0.05, 0.1) is 10.9 Å². The molecule has 0 radical (unpaired) electrons. The third kappa shape index (κ3) is 2.01. The van der Waals surface area contributed by atoms with Gasteiger partial charge in [-0.3, -0.25) is 4.79 Å². The van der Waals surface area contributed by atoms with Crippen molar-refractivity contribution in [3.63, 3.8) is 0 Å². The lowest BCUT2D eigenvalue weighted by Gasteiger charge is -2.21. The standard InChI is InChI=1S/C13H14FN3O/c14-9-3-4-10-11(6-9)16-12(17-13(10)18)8-2-1-5-15-7-8/h3-4,6,8,15H,1-2,5,7H2,(H,16,17,18). The molecule has 0 bridgehead atoms. The number of nitrogens with one attached hydrogen (secondary N) is 2. The lowest BCUT2D eigenvalue weighted by atomic mass is 9.99. The molecule has 3 rings (SSSR count). The van der Waals surface area contributed by atoms with Crippen LogP contribution in [0.15, 0.2) is 23.0 Å². The summed E-state index contributed by atoms with van der Waals surface area (Å²) in [7, 11) is 0. The second kappa shape index (κ2) is 4.49. The Bertz CT molecular complexity index is 632. The lowest BCUT2D eigenvalue weighted by Crippen LogP contribution is -2.30. The van der Waals surface area contributed by atoms with Gasteiger partial charge in [-0.2, -0.15) is 0 Å². The molecule has 2 N–H and O–H groups in total. The van der Waals surface area contributed by atoms with Gasteiger partial charge in [-0.05, 0) is 31.5 Å². The van der Waals surface area contributed by atoms with Gasteiger partial charge in [-0.15, -0.1) is 0 Å². The third-order valence-corrected chi connectivity index (χ3v) is 3.37. The third-order valence-electron chi connectivity index (χ3n) is 3.37. The van der Waals surface area contributed by atoms with E-state index in [0.717, 1.165) is 25.9 Å². The fraction of sp³-hybridized carbons (Fsp3) is 0.385. The predicted octanol–water partition coefficient (Wildman–Crippen LogP) is 1.53. The molecular weight excluding hydrogens is 233 g/mol. The predicted molar refractivity (Wildman–Crippen MR) is 67.2 cm³/mol. The topological polar surface area (TPSA) is 57.8 Å². The van der Waals surface area contributed by atoms with Crippen LogP contribution in [-0.2, 0) is 0 Å². The Morgan fingerprint density at radius 1 is 1.39 bits per heavy atom. The average Bonchev–Trinajstić information content (AvgIpc) is 2.39. The number of H-pyrrole nitrogens is 1. The van der Waals surface area contributed by atoms with Gasteiger partial charge in [0.15, 0.2) is 0 Å². The van der Waals surface area contributed by atoms with Gasteiger partial charge in [0.25, 0.3) is 5.56 Å². The molecule has 2 heterocycles. The van der Waals surface area contributed by atoms with Crippen molar-refractivity contribution in [1.29, 1.82) is 0 Å². The van der Waals surface area contributed by atoms with Crippen molar-refractivity contribution in [3.8, 4) is 0 Å². The number of hydrogen-bond acceptors (Lipinski definition) is 3. The van der Waals surface area contributed by atoms with Crippen LogP contribution in [0.5, 0.6) is 0 Å². The van der Waals surface area contributed by atoms with Crippen LogP contribution in [0, 0.1) is 5.82 Å². The minimum Gasteiger partial charge on any atom is -0.316 e. The molecule has 5 heteroatoms. The Labute approximate surface area is 103 Å². The van der Waals surface area contributed by atoms with E-state index in [9.17, 15) is 9.18 Å². The van der Waals surface area contributed by atoms with Gasteiger partial charge in [-0.1, -0.05) is 0 Å². The maximum absolute atomic E-state index is 13.2. The van der Waals surface area contributed by atoms with E-state index >= 15 is 0 Å². The molecule has 1 aliphatic heterocycles. The summed E-state index contributed by atoms with van der Waals surface area (Å²) in [4.78, 5) is 19.1. The number of rotatable bonds is 1. The molecule has 94 valence electrons. The maximum atomic E-state index is 13.2. The SMILES string of the molecule is O=c1[nH]c(C2CCCNC2)nc2cc(F)ccc12. The zero-order valence-corrected chi connectivity index (χ0v) is 9.87. The largest absolute Gasteiger partial charge is 0.316 e. The van der Waals surface area contributed by atoms with Crippen molar-refractivity contribution in [1.82, 2.24) is 15.3 Å². The molecule has 1 fully saturated rings. The fourth-order valence-corrected chi connectivity index (χ4v) is 2.41. The Balaban J connectivity index is 2.10. The summed E-state index contributed by atoms with van der Waals surface area (Å²) in [5.74, 6) is 0.498. The minimum absolute atomic E-state index is 0.194. The molecule has 1 aromatic heterocycles. The number of piperidine rings is 1. The van der Waals surface area contributed by atoms with Crippen molar-refractivity contribution < 1.29 is 4.39 Å². The van der Waals surface area contributed by atoms with Crippen LogP contribution in [-0.4, -0.2) is 23.1 Å². The molecule has 0 amide bonds. The zero-order chi connectivity index (χ0) is 12.5. The number of fused-ring (bicyclic) bond motifs is 1. The average molecular weight is 247 g/mol. The first kappa shape index (κ1) is 11.3. The van der Waals surface area contributed by atoms with E-state index in [0.29, 0.717) is 16.7 Å². The van der Waals surface area contributed by atoms with Gasteiger partial charge < -0.3 is 10.3 Å². The zero-order valence-electron chi connectivity index (χ0n) is 9.87. The summed E-state index contributed by atoms with van der Waals surface area (Å²) in [6, 6.07) is 4.06. The van der Waals surface area contributed by atoms with E-state index in [4.69, 9.17) is 0 Å². The fourth-order valence-electron chi connectivity index (χ4n) is 2.41. The number of nitrogens with zero attached hydrogens (tertiary/aromatic N) is 1. The summed E-state index contributed by atoms with van der Waals surface area (Å²) in [6.07, 6.45) is 2.06. The van der Waals surface area contributed by atoms with Crippen LogP contribution in [0.25, 0.3) is 10.9 Å². The number of aromatic amines is 1. The lowest BCUT2D eigenvalue weighted by molar-refractivity contribution is 0.447. The minimum atomic E-state index is -0.367. The van der Waals surface area contributed by atoms with E-state index < -0.39 is 0 Å². The molecule has 1 unspecified atom stereocenters. The molecule has 0 aliphatic carbocycles. The molecule has 1 atom stereocenters. The number of hydrogen-bond donors (Lipinski definition) is 2. The molecule has 0 saturated carbocycles. The van der Waals surface area contributed by atoms with E-state index in [1.807, 2.05) is 0 Å². The summed E-state index contributed by atoms with van der Waals surface area (Å²) in [5.41, 5.74) is 0.236. The van der Waals surface area contributed by atoms with Gasteiger partial charge in [0.1, 0.15) is 11.6 Å². The van der Waals surface area contributed by atoms with Crippen molar-refractivity contribution in [2.75, 3.05) is 13.1 Å². The first-order chi connectivity index (χ1) is 8.74. The highest BCUT2D eigenvalue weighted by Gasteiger charge is 2.18. The van der Waals surface area contributed by atoms with Crippen LogP contribution < -0.4 is 10.9 Å². The first-order valence-corrected chi connectivity index (χ1v) is 6.14. The molecule has 4 nitrogen and oxygen atoms in total. The second-order valence-corrected chi connectivity index (χ2v) is 4.66. The van der Waals surface area contributed by atoms with Crippen molar-refractivity contribution in [3.05, 3.63) is 40.2 Å². The van der Waals surface area contributed by atoms with Crippen LogP contribution in [0.4, 0.5) is 4.39 Å². The number of halogens is 1. The van der Waals surface area contributed by atoms with Crippen LogP contribution in [0.2, 0.25) is 0 Å². The Morgan fingerprint density at radius 2 is 2.28 bits per heavy atom. The smallest absolute Gasteiger partial charge is 0.258 e. The van der Waals surface area contributed by atoms with Crippen LogP contribution in [0.1, 0.15) is 24.6 Å². The van der Waals surface area contributed by atoms with E-state index in [1.54, 1.807) is 0 Å². The molecule has 2 aromatic rings. The molecular formula is C13H14FN3O. The van der Waals surface area contributed by atoms with E-state index in [1.165, 1.54) is 18.2 Å². The maximum Gasteiger partial charge on any atom is 0.258 e. The Hall–Kier alpha value is -1.75. The summed E-state index contributed by atoms with van der Waals surface area (Å²) < 4.78 is 13.2. The van der Waals surface area contributed by atoms with Gasteiger partial charge in [0.2, 0.25) is 0 Å². The van der Waals surface area contributed by atoms with Gasteiger partial charge in [-0.25, -0.2) is 9.37 Å². The highest BCUT2D eigenvalue weighted by atomic mass is 19.1. The molecule has 0 spiro atoms. The number of benzene rings is 1. The normalized spacial score (nSPS) is 20.2. The Morgan fingerprint density at radius 3 is 3.06 bits per heavy atom. The highest BCUT2D eigenvalue weighted by Crippen LogP contribution is 2.20. The van der Waals surface area contributed by atoms with Crippen LogP contribution >= 0.6 is 0 Å². The summed E-state index contributed by atoms with van der Waals surface area (Å²) in [5, 5.41) is 3.71. The van der Waals surface area contributed by atoms with Gasteiger partial charge >= 0.3 is 0 Å². The van der Waals surface area contributed by atoms with E-state index in [2.05, 4.69) is 15.3 Å². The van der Waals surface area contributed by atoms with Crippen molar-refractivity contribution in [2.24, 2.45) is 0 Å². The summed E-state index contributed by atoms with van der Waals surface area (Å²) >= 11 is 0. The van der Waals surface area contributed by atoms with Crippen molar-refractivity contribution in [2.45, 2.75) is 18.8 Å². The molecule has 1 saturated heterocycles. The quantitative estimate of drug-likeness (QED) is 0.803. The number of aromatic nitrogens is 2. The monoisotopic (exact) mass is 247 g/mol. The van der Waals surface area contributed by atoms with Crippen molar-refractivity contribution >= 4 is 10.9 Å². The molecule has 1 aliphatic rings. The highest BCUT2D eigenvalue weighted by molar-refractivity contribution is 5.77. The first-order valence-electron chi connectivity index (χ1n) is 6.14. The van der Waals surface area contributed by atoms with Crippen LogP contribution in [0.3, 0.4) is 0 Å². The molecule has 18 heavy (non-hydrogen) atoms. The summed E-state index contributed by atoms with van der Waals surface area (Å²) in [6.45, 7) is 1.81.